The van der Waals surface area contributed by atoms with Gasteiger partial charge in [-0.3, -0.25) is 0 Å². The molecule has 2 aromatic rings. The van der Waals surface area contributed by atoms with E-state index in [1.807, 2.05) is 18.2 Å². The summed E-state index contributed by atoms with van der Waals surface area (Å²) < 4.78 is 0. The number of nitrogens with zero attached hydrogens (tertiary/aromatic N) is 1. The predicted octanol–water partition coefficient (Wildman–Crippen LogP) is 4.38. The highest BCUT2D eigenvalue weighted by Gasteiger charge is 2.02. The van der Waals surface area contributed by atoms with E-state index in [-0.39, 0.29) is 0 Å². The monoisotopic (exact) mass is 255 g/mol. The van der Waals surface area contributed by atoms with E-state index in [9.17, 15) is 0 Å². The molecule has 1 aromatic heterocycles. The first-order chi connectivity index (χ1) is 9.19. The van der Waals surface area contributed by atoms with E-state index >= 15 is 0 Å². The van der Waals surface area contributed by atoms with Crippen molar-refractivity contribution in [1.82, 2.24) is 4.98 Å². The SMILES string of the molecule is CCNc1cccc(Nc2cccc(C(C)C)c2)n1. The second-order valence-electron chi connectivity index (χ2n) is 4.84. The summed E-state index contributed by atoms with van der Waals surface area (Å²) in [5.41, 5.74) is 2.40. The van der Waals surface area contributed by atoms with Crippen molar-refractivity contribution in [3.05, 3.63) is 48.0 Å². The highest BCUT2D eigenvalue weighted by atomic mass is 15.1. The lowest BCUT2D eigenvalue weighted by Crippen LogP contribution is -2.01. The normalized spacial score (nSPS) is 10.5. The molecule has 2 N–H and O–H groups in total. The minimum atomic E-state index is 0.530. The smallest absolute Gasteiger partial charge is 0.132 e. The van der Waals surface area contributed by atoms with Gasteiger partial charge in [-0.05, 0) is 42.7 Å². The molecule has 0 unspecified atom stereocenters. The molecule has 0 fully saturated rings. The third-order valence-corrected chi connectivity index (χ3v) is 2.93. The van der Waals surface area contributed by atoms with Crippen LogP contribution in [0.2, 0.25) is 0 Å². The Morgan fingerprint density at radius 2 is 1.79 bits per heavy atom. The molecule has 3 heteroatoms. The average Bonchev–Trinajstić information content (AvgIpc) is 2.40. The Balaban J connectivity index is 2.16. The fraction of sp³-hybridized carbons (Fsp3) is 0.312. The summed E-state index contributed by atoms with van der Waals surface area (Å²) in [6, 6.07) is 14.4. The van der Waals surface area contributed by atoms with Crippen molar-refractivity contribution in [3.63, 3.8) is 0 Å². The van der Waals surface area contributed by atoms with E-state index in [0.29, 0.717) is 5.92 Å². The Morgan fingerprint density at radius 1 is 1.05 bits per heavy atom. The second-order valence-corrected chi connectivity index (χ2v) is 4.84. The molecule has 0 aliphatic carbocycles. The van der Waals surface area contributed by atoms with Crippen molar-refractivity contribution in [2.45, 2.75) is 26.7 Å². The second kappa shape index (κ2) is 6.23. The number of pyridine rings is 1. The predicted molar refractivity (Wildman–Crippen MR) is 82.2 cm³/mol. The van der Waals surface area contributed by atoms with Crippen LogP contribution in [0.5, 0.6) is 0 Å². The Labute approximate surface area is 115 Å². The van der Waals surface area contributed by atoms with Crippen molar-refractivity contribution in [1.29, 1.82) is 0 Å². The Hall–Kier alpha value is -2.03. The van der Waals surface area contributed by atoms with E-state index in [4.69, 9.17) is 0 Å². The quantitative estimate of drug-likeness (QED) is 0.832. The summed E-state index contributed by atoms with van der Waals surface area (Å²) >= 11 is 0. The molecular weight excluding hydrogens is 234 g/mol. The van der Waals surface area contributed by atoms with Crippen LogP contribution in [-0.2, 0) is 0 Å². The van der Waals surface area contributed by atoms with E-state index in [1.54, 1.807) is 0 Å². The zero-order valence-corrected chi connectivity index (χ0v) is 11.8. The van der Waals surface area contributed by atoms with Crippen LogP contribution in [0.15, 0.2) is 42.5 Å². The van der Waals surface area contributed by atoms with Crippen LogP contribution in [0, 0.1) is 0 Å². The average molecular weight is 255 g/mol. The van der Waals surface area contributed by atoms with Crippen LogP contribution in [-0.4, -0.2) is 11.5 Å². The van der Waals surface area contributed by atoms with Crippen LogP contribution in [0.4, 0.5) is 17.3 Å². The van der Waals surface area contributed by atoms with Gasteiger partial charge >= 0.3 is 0 Å². The molecule has 0 spiro atoms. The maximum absolute atomic E-state index is 4.51. The van der Waals surface area contributed by atoms with Gasteiger partial charge in [-0.2, -0.15) is 0 Å². The van der Waals surface area contributed by atoms with Crippen LogP contribution in [0.3, 0.4) is 0 Å². The van der Waals surface area contributed by atoms with Gasteiger partial charge in [-0.25, -0.2) is 4.98 Å². The van der Waals surface area contributed by atoms with Crippen LogP contribution >= 0.6 is 0 Å². The summed E-state index contributed by atoms with van der Waals surface area (Å²) in [5, 5.41) is 6.56. The van der Waals surface area contributed by atoms with Gasteiger partial charge in [0.25, 0.3) is 0 Å². The molecule has 0 atom stereocenters. The van der Waals surface area contributed by atoms with Gasteiger partial charge in [0, 0.05) is 12.2 Å². The van der Waals surface area contributed by atoms with Crippen molar-refractivity contribution in [2.75, 3.05) is 17.2 Å². The number of anilines is 3. The van der Waals surface area contributed by atoms with E-state index in [2.05, 4.69) is 60.7 Å². The van der Waals surface area contributed by atoms with Crippen molar-refractivity contribution in [2.24, 2.45) is 0 Å². The van der Waals surface area contributed by atoms with Gasteiger partial charge in [0.2, 0.25) is 0 Å². The van der Waals surface area contributed by atoms with Gasteiger partial charge in [-0.15, -0.1) is 0 Å². The molecule has 19 heavy (non-hydrogen) atoms. The topological polar surface area (TPSA) is 37.0 Å². The summed E-state index contributed by atoms with van der Waals surface area (Å²) in [6.07, 6.45) is 0. The lowest BCUT2D eigenvalue weighted by molar-refractivity contribution is 0.867. The van der Waals surface area contributed by atoms with Crippen LogP contribution in [0.25, 0.3) is 0 Å². The maximum atomic E-state index is 4.51. The lowest BCUT2D eigenvalue weighted by atomic mass is 10.0. The number of nitrogens with one attached hydrogen (secondary N) is 2. The highest BCUT2D eigenvalue weighted by molar-refractivity contribution is 5.59. The maximum Gasteiger partial charge on any atom is 0.132 e. The minimum Gasteiger partial charge on any atom is -0.370 e. The van der Waals surface area contributed by atoms with Crippen LogP contribution in [0.1, 0.15) is 32.3 Å². The number of hydrogen-bond donors (Lipinski definition) is 2. The molecular formula is C16H21N3. The molecule has 0 aliphatic heterocycles. The summed E-state index contributed by atoms with van der Waals surface area (Å²) in [4.78, 5) is 4.51. The summed E-state index contributed by atoms with van der Waals surface area (Å²) in [7, 11) is 0. The first-order valence-corrected chi connectivity index (χ1v) is 6.77. The van der Waals surface area contributed by atoms with E-state index in [1.165, 1.54) is 5.56 Å². The van der Waals surface area contributed by atoms with Crippen molar-refractivity contribution >= 4 is 17.3 Å². The number of aromatic nitrogens is 1. The fourth-order valence-corrected chi connectivity index (χ4v) is 1.91. The van der Waals surface area contributed by atoms with E-state index < -0.39 is 0 Å². The van der Waals surface area contributed by atoms with Crippen molar-refractivity contribution in [3.8, 4) is 0 Å². The Kier molecular flexibility index (Phi) is 4.39. The zero-order valence-electron chi connectivity index (χ0n) is 11.8. The van der Waals surface area contributed by atoms with Gasteiger partial charge in [-0.1, -0.05) is 32.0 Å². The highest BCUT2D eigenvalue weighted by Crippen LogP contribution is 2.21. The molecule has 100 valence electrons. The molecule has 1 aromatic carbocycles. The lowest BCUT2D eigenvalue weighted by Gasteiger charge is -2.11. The third-order valence-electron chi connectivity index (χ3n) is 2.93. The third kappa shape index (κ3) is 3.71. The van der Waals surface area contributed by atoms with Gasteiger partial charge in [0.05, 0.1) is 0 Å². The molecule has 0 radical (unpaired) electrons. The molecule has 2 rings (SSSR count). The number of benzene rings is 1. The molecule has 0 saturated heterocycles. The first kappa shape index (κ1) is 13.4. The fourth-order valence-electron chi connectivity index (χ4n) is 1.91. The minimum absolute atomic E-state index is 0.530. The van der Waals surface area contributed by atoms with E-state index in [0.717, 1.165) is 23.9 Å². The van der Waals surface area contributed by atoms with Crippen molar-refractivity contribution < 1.29 is 0 Å². The number of hydrogen-bond acceptors (Lipinski definition) is 3. The molecule has 0 saturated carbocycles. The Morgan fingerprint density at radius 3 is 2.53 bits per heavy atom. The first-order valence-electron chi connectivity index (χ1n) is 6.77. The molecule has 0 aliphatic rings. The summed E-state index contributed by atoms with van der Waals surface area (Å²) in [5.74, 6) is 2.29. The molecule has 1 heterocycles. The largest absolute Gasteiger partial charge is 0.370 e. The zero-order chi connectivity index (χ0) is 13.7. The van der Waals surface area contributed by atoms with Gasteiger partial charge in [0.15, 0.2) is 0 Å². The summed E-state index contributed by atoms with van der Waals surface area (Å²) in [6.45, 7) is 7.33. The molecule has 0 bridgehead atoms. The standard InChI is InChI=1S/C16H21N3/c1-4-17-15-9-6-10-16(19-15)18-14-8-5-7-13(11-14)12(2)3/h5-12H,4H2,1-3H3,(H2,17,18,19). The van der Waals surface area contributed by atoms with Gasteiger partial charge < -0.3 is 10.6 Å². The number of rotatable bonds is 5. The molecule has 0 amide bonds. The van der Waals surface area contributed by atoms with Crippen LogP contribution < -0.4 is 10.6 Å². The molecule has 3 nitrogen and oxygen atoms in total. The Bertz CT molecular complexity index is 535. The van der Waals surface area contributed by atoms with Gasteiger partial charge in [0.1, 0.15) is 11.6 Å².